The van der Waals surface area contributed by atoms with Gasteiger partial charge in [-0.15, -0.1) is 0 Å². The first-order valence-corrected chi connectivity index (χ1v) is 6.33. The summed E-state index contributed by atoms with van der Waals surface area (Å²) in [5.74, 6) is 0. The molecule has 0 fully saturated rings. The SMILES string of the molecule is C[C@H](N)Cc1cccc(S(C)(=O)=O)c1. The maximum absolute atomic E-state index is 11.2. The van der Waals surface area contributed by atoms with Crippen molar-refractivity contribution in [1.29, 1.82) is 0 Å². The second kappa shape index (κ2) is 4.11. The molecule has 78 valence electrons. The van der Waals surface area contributed by atoms with E-state index in [1.165, 1.54) is 6.26 Å². The van der Waals surface area contributed by atoms with E-state index in [1.54, 1.807) is 18.2 Å². The van der Waals surface area contributed by atoms with Crippen molar-refractivity contribution in [3.05, 3.63) is 29.8 Å². The van der Waals surface area contributed by atoms with Crippen molar-refractivity contribution >= 4 is 9.84 Å². The van der Waals surface area contributed by atoms with Crippen molar-refractivity contribution in [2.45, 2.75) is 24.3 Å². The van der Waals surface area contributed by atoms with Gasteiger partial charge in [0.05, 0.1) is 4.90 Å². The third kappa shape index (κ3) is 3.12. The van der Waals surface area contributed by atoms with Gasteiger partial charge >= 0.3 is 0 Å². The van der Waals surface area contributed by atoms with E-state index in [2.05, 4.69) is 0 Å². The van der Waals surface area contributed by atoms with Gasteiger partial charge in [0.1, 0.15) is 0 Å². The van der Waals surface area contributed by atoms with Gasteiger partial charge in [0.15, 0.2) is 9.84 Å². The molecule has 0 bridgehead atoms. The van der Waals surface area contributed by atoms with Gasteiger partial charge in [0.25, 0.3) is 0 Å². The molecule has 0 aliphatic heterocycles. The third-order valence-electron chi connectivity index (χ3n) is 1.88. The highest BCUT2D eigenvalue weighted by Crippen LogP contribution is 2.12. The molecule has 2 N–H and O–H groups in total. The van der Waals surface area contributed by atoms with Crippen LogP contribution in [0.25, 0.3) is 0 Å². The molecule has 14 heavy (non-hydrogen) atoms. The van der Waals surface area contributed by atoms with Gasteiger partial charge in [-0.3, -0.25) is 0 Å². The minimum Gasteiger partial charge on any atom is -0.328 e. The molecule has 0 saturated heterocycles. The van der Waals surface area contributed by atoms with Crippen LogP contribution < -0.4 is 5.73 Å². The van der Waals surface area contributed by atoms with Gasteiger partial charge in [-0.05, 0) is 31.0 Å². The molecular weight excluding hydrogens is 198 g/mol. The first-order chi connectivity index (χ1) is 6.39. The minimum atomic E-state index is -3.10. The van der Waals surface area contributed by atoms with Crippen molar-refractivity contribution in [3.63, 3.8) is 0 Å². The summed E-state index contributed by atoms with van der Waals surface area (Å²) in [6.07, 6.45) is 1.90. The monoisotopic (exact) mass is 213 g/mol. The van der Waals surface area contributed by atoms with Crippen LogP contribution in [0.2, 0.25) is 0 Å². The molecule has 0 amide bonds. The molecule has 0 aliphatic carbocycles. The van der Waals surface area contributed by atoms with Crippen LogP contribution in [0.1, 0.15) is 12.5 Å². The van der Waals surface area contributed by atoms with Crippen LogP contribution in [-0.2, 0) is 16.3 Å². The fourth-order valence-electron chi connectivity index (χ4n) is 1.27. The summed E-state index contributed by atoms with van der Waals surface area (Å²) >= 11 is 0. The molecule has 0 unspecified atom stereocenters. The number of hydrogen-bond acceptors (Lipinski definition) is 3. The summed E-state index contributed by atoms with van der Waals surface area (Å²) in [5.41, 5.74) is 6.60. The average molecular weight is 213 g/mol. The number of sulfone groups is 1. The van der Waals surface area contributed by atoms with E-state index in [0.717, 1.165) is 5.56 Å². The quantitative estimate of drug-likeness (QED) is 0.814. The summed E-state index contributed by atoms with van der Waals surface area (Å²) in [5, 5.41) is 0. The summed E-state index contributed by atoms with van der Waals surface area (Å²) in [6, 6.07) is 6.95. The molecule has 3 nitrogen and oxygen atoms in total. The van der Waals surface area contributed by atoms with Crippen LogP contribution >= 0.6 is 0 Å². The smallest absolute Gasteiger partial charge is 0.175 e. The normalized spacial score (nSPS) is 13.9. The maximum atomic E-state index is 11.2. The predicted molar refractivity (Wildman–Crippen MR) is 56.9 cm³/mol. The van der Waals surface area contributed by atoms with Crippen molar-refractivity contribution in [1.82, 2.24) is 0 Å². The van der Waals surface area contributed by atoms with Gasteiger partial charge in [0.2, 0.25) is 0 Å². The maximum Gasteiger partial charge on any atom is 0.175 e. The summed E-state index contributed by atoms with van der Waals surface area (Å²) < 4.78 is 22.5. The topological polar surface area (TPSA) is 60.2 Å². The molecule has 0 spiro atoms. The fourth-order valence-corrected chi connectivity index (χ4v) is 1.97. The van der Waals surface area contributed by atoms with Crippen molar-refractivity contribution in [2.75, 3.05) is 6.26 Å². The van der Waals surface area contributed by atoms with Gasteiger partial charge in [-0.1, -0.05) is 12.1 Å². The van der Waals surface area contributed by atoms with E-state index in [0.29, 0.717) is 11.3 Å². The Bertz CT molecular complexity index is 410. The Morgan fingerprint density at radius 1 is 1.43 bits per heavy atom. The van der Waals surface area contributed by atoms with E-state index in [4.69, 9.17) is 5.73 Å². The summed E-state index contributed by atoms with van der Waals surface area (Å²) in [6.45, 7) is 1.90. The molecule has 1 atom stereocenters. The van der Waals surface area contributed by atoms with Crippen molar-refractivity contribution < 1.29 is 8.42 Å². The molecule has 4 heteroatoms. The first-order valence-electron chi connectivity index (χ1n) is 4.44. The molecule has 1 aromatic carbocycles. The molecule has 0 aromatic heterocycles. The number of benzene rings is 1. The zero-order valence-electron chi connectivity index (χ0n) is 8.40. The average Bonchev–Trinajstić information content (AvgIpc) is 2.01. The lowest BCUT2D eigenvalue weighted by atomic mass is 10.1. The highest BCUT2D eigenvalue weighted by Gasteiger charge is 2.07. The molecule has 1 rings (SSSR count). The Morgan fingerprint density at radius 3 is 2.57 bits per heavy atom. The Morgan fingerprint density at radius 2 is 2.07 bits per heavy atom. The fraction of sp³-hybridized carbons (Fsp3) is 0.400. The molecule has 0 aliphatic rings. The van der Waals surface area contributed by atoms with Crippen LogP contribution in [0.3, 0.4) is 0 Å². The zero-order chi connectivity index (χ0) is 10.8. The lowest BCUT2D eigenvalue weighted by molar-refractivity contribution is 0.601. The Balaban J connectivity index is 3.02. The zero-order valence-corrected chi connectivity index (χ0v) is 9.21. The van der Waals surface area contributed by atoms with E-state index >= 15 is 0 Å². The second-order valence-electron chi connectivity index (χ2n) is 3.60. The van der Waals surface area contributed by atoms with E-state index in [1.807, 2.05) is 13.0 Å². The Labute approximate surface area is 84.9 Å². The highest BCUT2D eigenvalue weighted by molar-refractivity contribution is 7.90. The van der Waals surface area contributed by atoms with Crippen LogP contribution in [-0.4, -0.2) is 20.7 Å². The lowest BCUT2D eigenvalue weighted by Crippen LogP contribution is -2.17. The van der Waals surface area contributed by atoms with Gasteiger partial charge in [0, 0.05) is 12.3 Å². The van der Waals surface area contributed by atoms with Crippen molar-refractivity contribution in [2.24, 2.45) is 5.73 Å². The van der Waals surface area contributed by atoms with Crippen molar-refractivity contribution in [3.8, 4) is 0 Å². The number of nitrogens with two attached hydrogens (primary N) is 1. The third-order valence-corrected chi connectivity index (χ3v) is 2.99. The summed E-state index contributed by atoms with van der Waals surface area (Å²) in [7, 11) is -3.10. The largest absolute Gasteiger partial charge is 0.328 e. The lowest BCUT2D eigenvalue weighted by Gasteiger charge is -2.06. The standard InChI is InChI=1S/C10H15NO2S/c1-8(11)6-9-4-3-5-10(7-9)14(2,12)13/h3-5,7-8H,6,11H2,1-2H3/t8-/m0/s1. The van der Waals surface area contributed by atoms with Gasteiger partial charge < -0.3 is 5.73 Å². The summed E-state index contributed by atoms with van der Waals surface area (Å²) in [4.78, 5) is 0.357. The first kappa shape index (κ1) is 11.2. The van der Waals surface area contributed by atoms with Gasteiger partial charge in [-0.25, -0.2) is 8.42 Å². The Kier molecular flexibility index (Phi) is 3.29. The Hall–Kier alpha value is -0.870. The van der Waals surface area contributed by atoms with Gasteiger partial charge in [-0.2, -0.15) is 0 Å². The molecule has 0 radical (unpaired) electrons. The highest BCUT2D eigenvalue weighted by atomic mass is 32.2. The van der Waals surface area contributed by atoms with E-state index in [-0.39, 0.29) is 6.04 Å². The minimum absolute atomic E-state index is 0.0461. The predicted octanol–water partition coefficient (Wildman–Crippen LogP) is 0.980. The van der Waals surface area contributed by atoms with Crippen LogP contribution in [0.4, 0.5) is 0 Å². The van der Waals surface area contributed by atoms with E-state index in [9.17, 15) is 8.42 Å². The van der Waals surface area contributed by atoms with Crippen LogP contribution in [0, 0.1) is 0 Å². The molecule has 1 aromatic rings. The number of hydrogen-bond donors (Lipinski definition) is 1. The van der Waals surface area contributed by atoms with E-state index < -0.39 is 9.84 Å². The molecule has 0 heterocycles. The van der Waals surface area contributed by atoms with Crippen LogP contribution in [0.5, 0.6) is 0 Å². The van der Waals surface area contributed by atoms with Crippen LogP contribution in [0.15, 0.2) is 29.2 Å². The number of rotatable bonds is 3. The molecular formula is C10H15NO2S. The second-order valence-corrected chi connectivity index (χ2v) is 5.62. The molecule has 0 saturated carbocycles.